The molecule has 0 bridgehead atoms. The van der Waals surface area contributed by atoms with E-state index in [0.717, 1.165) is 18.4 Å². The van der Waals surface area contributed by atoms with Gasteiger partial charge in [-0.3, -0.25) is 0 Å². The zero-order chi connectivity index (χ0) is 14.3. The van der Waals surface area contributed by atoms with Gasteiger partial charge >= 0.3 is 0 Å². The Bertz CT molecular complexity index is 480. The van der Waals surface area contributed by atoms with Gasteiger partial charge in [0.2, 0.25) is 10.0 Å². The Kier molecular flexibility index (Phi) is 6.48. The molecule has 0 fully saturated rings. The highest BCUT2D eigenvalue weighted by atomic mass is 32.2. The number of hydrogen-bond donors (Lipinski definition) is 1. The summed E-state index contributed by atoms with van der Waals surface area (Å²) in [6.45, 7) is 5.81. The molecule has 0 aliphatic rings. The Hall–Kier alpha value is -0.910. The van der Waals surface area contributed by atoms with E-state index in [1.54, 1.807) is 22.5 Å². The van der Waals surface area contributed by atoms with Crippen molar-refractivity contribution in [3.05, 3.63) is 29.8 Å². The molecule has 0 amide bonds. The van der Waals surface area contributed by atoms with Gasteiger partial charge in [-0.05, 0) is 37.6 Å². The van der Waals surface area contributed by atoms with Crippen LogP contribution in [0.25, 0.3) is 0 Å². The molecule has 1 N–H and O–H groups in total. The summed E-state index contributed by atoms with van der Waals surface area (Å²) in [5.41, 5.74) is 0.983. The van der Waals surface area contributed by atoms with Gasteiger partial charge in [0.15, 0.2) is 0 Å². The SMILES string of the molecule is CCCN(CCC)S(=O)(=O)c1cccc(CNC)c1. The highest BCUT2D eigenvalue weighted by molar-refractivity contribution is 7.89. The molecule has 1 aromatic carbocycles. The minimum absolute atomic E-state index is 0.391. The molecule has 0 atom stereocenters. The van der Waals surface area contributed by atoms with E-state index in [2.05, 4.69) is 5.32 Å². The number of nitrogens with one attached hydrogen (secondary N) is 1. The topological polar surface area (TPSA) is 49.4 Å². The van der Waals surface area contributed by atoms with Gasteiger partial charge in [0.25, 0.3) is 0 Å². The predicted molar refractivity (Wildman–Crippen MR) is 78.5 cm³/mol. The summed E-state index contributed by atoms with van der Waals surface area (Å²) in [6.07, 6.45) is 1.66. The van der Waals surface area contributed by atoms with Gasteiger partial charge in [0.05, 0.1) is 4.90 Å². The first-order valence-electron chi connectivity index (χ1n) is 6.80. The third-order valence-corrected chi connectivity index (χ3v) is 4.76. The fourth-order valence-electron chi connectivity index (χ4n) is 2.02. The largest absolute Gasteiger partial charge is 0.316 e. The summed E-state index contributed by atoms with van der Waals surface area (Å²) in [6, 6.07) is 7.16. The van der Waals surface area contributed by atoms with E-state index in [-0.39, 0.29) is 0 Å². The van der Waals surface area contributed by atoms with Gasteiger partial charge in [-0.25, -0.2) is 8.42 Å². The van der Waals surface area contributed by atoms with Gasteiger partial charge in [-0.2, -0.15) is 4.31 Å². The number of nitrogens with zero attached hydrogens (tertiary/aromatic N) is 1. The molecule has 5 heteroatoms. The first-order valence-corrected chi connectivity index (χ1v) is 8.24. The lowest BCUT2D eigenvalue weighted by atomic mass is 10.2. The van der Waals surface area contributed by atoms with Crippen LogP contribution in [-0.4, -0.2) is 32.9 Å². The van der Waals surface area contributed by atoms with E-state index < -0.39 is 10.0 Å². The predicted octanol–water partition coefficient (Wildman–Crippen LogP) is 2.22. The van der Waals surface area contributed by atoms with Crippen LogP contribution < -0.4 is 5.32 Å². The number of sulfonamides is 1. The first-order chi connectivity index (χ1) is 9.06. The average Bonchev–Trinajstić information content (AvgIpc) is 2.39. The molecule has 1 rings (SSSR count). The smallest absolute Gasteiger partial charge is 0.243 e. The highest BCUT2D eigenvalue weighted by Gasteiger charge is 2.22. The lowest BCUT2D eigenvalue weighted by Crippen LogP contribution is -2.32. The maximum absolute atomic E-state index is 12.6. The minimum atomic E-state index is -3.36. The Morgan fingerprint density at radius 2 is 1.79 bits per heavy atom. The molecular formula is C14H24N2O2S. The van der Waals surface area contributed by atoms with Crippen LogP contribution in [0.1, 0.15) is 32.3 Å². The molecule has 4 nitrogen and oxygen atoms in total. The molecule has 108 valence electrons. The van der Waals surface area contributed by atoms with E-state index in [1.165, 1.54) is 0 Å². The maximum atomic E-state index is 12.6. The molecule has 0 unspecified atom stereocenters. The summed E-state index contributed by atoms with van der Waals surface area (Å²) in [5, 5.41) is 3.03. The van der Waals surface area contributed by atoms with Crippen molar-refractivity contribution in [3.8, 4) is 0 Å². The Morgan fingerprint density at radius 3 is 2.32 bits per heavy atom. The van der Waals surface area contributed by atoms with Crippen molar-refractivity contribution in [2.24, 2.45) is 0 Å². The molecule has 0 aliphatic carbocycles. The third-order valence-electron chi connectivity index (χ3n) is 2.86. The third kappa shape index (κ3) is 4.30. The molecule has 0 aliphatic heterocycles. The van der Waals surface area contributed by atoms with Crippen LogP contribution in [0.5, 0.6) is 0 Å². The zero-order valence-corrected chi connectivity index (χ0v) is 12.8. The monoisotopic (exact) mass is 284 g/mol. The highest BCUT2D eigenvalue weighted by Crippen LogP contribution is 2.18. The molecule has 0 spiro atoms. The second-order valence-electron chi connectivity index (χ2n) is 4.58. The molecule has 0 aromatic heterocycles. The summed E-state index contributed by atoms with van der Waals surface area (Å²) >= 11 is 0. The van der Waals surface area contributed by atoms with Crippen molar-refractivity contribution in [2.45, 2.75) is 38.1 Å². The van der Waals surface area contributed by atoms with Crippen LogP contribution in [0.3, 0.4) is 0 Å². The Morgan fingerprint density at radius 1 is 1.16 bits per heavy atom. The summed E-state index contributed by atoms with van der Waals surface area (Å²) in [7, 11) is -1.51. The molecule has 0 saturated carbocycles. The van der Waals surface area contributed by atoms with E-state index >= 15 is 0 Å². The van der Waals surface area contributed by atoms with Crippen molar-refractivity contribution in [2.75, 3.05) is 20.1 Å². The fraction of sp³-hybridized carbons (Fsp3) is 0.571. The van der Waals surface area contributed by atoms with E-state index in [1.807, 2.05) is 27.0 Å². The van der Waals surface area contributed by atoms with E-state index in [0.29, 0.717) is 24.5 Å². The lowest BCUT2D eigenvalue weighted by molar-refractivity contribution is 0.410. The quantitative estimate of drug-likeness (QED) is 0.796. The maximum Gasteiger partial charge on any atom is 0.243 e. The summed E-state index contributed by atoms with van der Waals surface area (Å²) in [4.78, 5) is 0.391. The van der Waals surface area contributed by atoms with Crippen LogP contribution in [0, 0.1) is 0 Å². The molecule has 1 aromatic rings. The van der Waals surface area contributed by atoms with Crippen molar-refractivity contribution < 1.29 is 8.42 Å². The second kappa shape index (κ2) is 7.62. The first kappa shape index (κ1) is 16.1. The molecule has 0 heterocycles. The molecular weight excluding hydrogens is 260 g/mol. The van der Waals surface area contributed by atoms with E-state index in [4.69, 9.17) is 0 Å². The van der Waals surface area contributed by atoms with Crippen LogP contribution in [0.2, 0.25) is 0 Å². The average molecular weight is 284 g/mol. The fourth-order valence-corrected chi connectivity index (χ4v) is 3.71. The summed E-state index contributed by atoms with van der Waals surface area (Å²) in [5.74, 6) is 0. The molecule has 0 saturated heterocycles. The number of rotatable bonds is 8. The lowest BCUT2D eigenvalue weighted by Gasteiger charge is -2.21. The van der Waals surface area contributed by atoms with Gasteiger partial charge < -0.3 is 5.32 Å². The van der Waals surface area contributed by atoms with Gasteiger partial charge in [-0.15, -0.1) is 0 Å². The van der Waals surface area contributed by atoms with Crippen molar-refractivity contribution in [1.82, 2.24) is 9.62 Å². The van der Waals surface area contributed by atoms with Gasteiger partial charge in [-0.1, -0.05) is 26.0 Å². The van der Waals surface area contributed by atoms with Crippen LogP contribution in [0.4, 0.5) is 0 Å². The van der Waals surface area contributed by atoms with Crippen LogP contribution >= 0.6 is 0 Å². The Labute approximate surface area is 116 Å². The van der Waals surface area contributed by atoms with Crippen molar-refractivity contribution in [3.63, 3.8) is 0 Å². The zero-order valence-electron chi connectivity index (χ0n) is 12.0. The Balaban J connectivity index is 3.06. The molecule has 19 heavy (non-hydrogen) atoms. The van der Waals surface area contributed by atoms with Gasteiger partial charge in [0.1, 0.15) is 0 Å². The van der Waals surface area contributed by atoms with Gasteiger partial charge in [0, 0.05) is 19.6 Å². The summed E-state index contributed by atoms with van der Waals surface area (Å²) < 4.78 is 26.7. The normalized spacial score (nSPS) is 12.0. The van der Waals surface area contributed by atoms with Crippen molar-refractivity contribution >= 4 is 10.0 Å². The van der Waals surface area contributed by atoms with Crippen LogP contribution in [0.15, 0.2) is 29.2 Å². The second-order valence-corrected chi connectivity index (χ2v) is 6.52. The number of hydrogen-bond acceptors (Lipinski definition) is 3. The van der Waals surface area contributed by atoms with Crippen LogP contribution in [-0.2, 0) is 16.6 Å². The number of benzene rings is 1. The van der Waals surface area contributed by atoms with Crippen molar-refractivity contribution in [1.29, 1.82) is 0 Å². The molecule has 0 radical (unpaired) electrons. The standard InChI is InChI=1S/C14H24N2O2S/c1-4-9-16(10-5-2)19(17,18)14-8-6-7-13(11-14)12-15-3/h6-8,11,15H,4-5,9-10,12H2,1-3H3. The van der Waals surface area contributed by atoms with E-state index in [9.17, 15) is 8.42 Å². The minimum Gasteiger partial charge on any atom is -0.316 e.